The molecule has 1 atom stereocenters. The summed E-state index contributed by atoms with van der Waals surface area (Å²) in [5.41, 5.74) is 0.538. The van der Waals surface area contributed by atoms with Gasteiger partial charge in [0.1, 0.15) is 11.5 Å². The van der Waals surface area contributed by atoms with E-state index in [1.807, 2.05) is 21.0 Å². The van der Waals surface area contributed by atoms with E-state index in [-0.39, 0.29) is 18.4 Å². The van der Waals surface area contributed by atoms with Crippen LogP contribution in [0.15, 0.2) is 23.2 Å². The molecule has 1 unspecified atom stereocenters. The fraction of sp³-hybridized carbons (Fsp3) is 0.632. The van der Waals surface area contributed by atoms with Crippen molar-refractivity contribution in [3.05, 3.63) is 23.8 Å². The van der Waals surface area contributed by atoms with Gasteiger partial charge >= 0.3 is 6.61 Å². The molecule has 0 aliphatic carbocycles. The number of nitrogens with one attached hydrogen (secondary N) is 2. The van der Waals surface area contributed by atoms with Crippen LogP contribution >= 0.6 is 0 Å². The Balaban J connectivity index is 2.67. The zero-order valence-electron chi connectivity index (χ0n) is 17.3. The van der Waals surface area contributed by atoms with Crippen molar-refractivity contribution in [1.29, 1.82) is 0 Å². The maximum Gasteiger partial charge on any atom is 0.387 e. The number of aliphatic imine (C=N–C) groups is 1. The first-order valence-electron chi connectivity index (χ1n) is 9.22. The van der Waals surface area contributed by atoms with E-state index in [1.165, 1.54) is 13.2 Å². The first kappa shape index (κ1) is 23.9. The Morgan fingerprint density at radius 3 is 2.57 bits per heavy atom. The van der Waals surface area contributed by atoms with Crippen LogP contribution in [0, 0.1) is 0 Å². The minimum atomic E-state index is -2.90. The molecule has 28 heavy (non-hydrogen) atoms. The quantitative estimate of drug-likeness (QED) is 0.413. The lowest BCUT2D eigenvalue weighted by Gasteiger charge is -2.21. The highest BCUT2D eigenvalue weighted by Gasteiger charge is 2.13. The van der Waals surface area contributed by atoms with Gasteiger partial charge in [-0.25, -0.2) is 0 Å². The van der Waals surface area contributed by atoms with Gasteiger partial charge in [-0.2, -0.15) is 8.78 Å². The average molecular weight is 402 g/mol. The average Bonchev–Trinajstić information content (AvgIpc) is 2.66. The van der Waals surface area contributed by atoms with Crippen LogP contribution in [-0.4, -0.2) is 71.5 Å². The molecule has 0 aliphatic rings. The van der Waals surface area contributed by atoms with Crippen molar-refractivity contribution in [3.8, 4) is 11.5 Å². The van der Waals surface area contributed by atoms with E-state index in [2.05, 4.69) is 25.3 Å². The third-order valence-electron chi connectivity index (χ3n) is 3.95. The number of rotatable bonds is 12. The van der Waals surface area contributed by atoms with Gasteiger partial charge in [0, 0.05) is 38.9 Å². The normalized spacial score (nSPS) is 13.0. The topological polar surface area (TPSA) is 67.4 Å². The van der Waals surface area contributed by atoms with E-state index in [4.69, 9.17) is 9.47 Å². The van der Waals surface area contributed by atoms with E-state index in [1.54, 1.807) is 19.2 Å². The summed E-state index contributed by atoms with van der Waals surface area (Å²) in [5, 5.41) is 6.32. The standard InChI is InChI=1S/C19H32F2N4O3/c1-6-27-16(9-10-25(3)4)13-24-19(22-2)23-12-14-11-15(26-5)7-8-17(14)28-18(20)21/h7-8,11,16,18H,6,9-10,12-13H2,1-5H3,(H2,22,23,24). The maximum absolute atomic E-state index is 12.6. The van der Waals surface area contributed by atoms with Gasteiger partial charge in [-0.05, 0) is 45.6 Å². The second-order valence-electron chi connectivity index (χ2n) is 6.33. The third kappa shape index (κ3) is 9.18. The fourth-order valence-corrected chi connectivity index (χ4v) is 2.52. The van der Waals surface area contributed by atoms with Gasteiger partial charge in [0.15, 0.2) is 5.96 Å². The van der Waals surface area contributed by atoms with Gasteiger partial charge < -0.3 is 29.7 Å². The van der Waals surface area contributed by atoms with E-state index < -0.39 is 6.61 Å². The molecule has 0 spiro atoms. The molecule has 0 fully saturated rings. The molecule has 2 N–H and O–H groups in total. The molecular formula is C19H32F2N4O3. The second kappa shape index (κ2) is 13.1. The van der Waals surface area contributed by atoms with Gasteiger partial charge in [-0.3, -0.25) is 4.99 Å². The summed E-state index contributed by atoms with van der Waals surface area (Å²) in [7, 11) is 7.20. The number of ether oxygens (including phenoxy) is 3. The summed E-state index contributed by atoms with van der Waals surface area (Å²) in [5.74, 6) is 1.19. The molecule has 160 valence electrons. The molecule has 0 saturated heterocycles. The monoisotopic (exact) mass is 402 g/mol. The van der Waals surface area contributed by atoms with E-state index >= 15 is 0 Å². The van der Waals surface area contributed by atoms with Crippen molar-refractivity contribution in [2.45, 2.75) is 32.6 Å². The number of hydrogen-bond acceptors (Lipinski definition) is 5. The molecule has 1 aromatic carbocycles. The van der Waals surface area contributed by atoms with Gasteiger partial charge in [0.2, 0.25) is 0 Å². The molecule has 0 aliphatic heterocycles. The Kier molecular flexibility index (Phi) is 11.2. The maximum atomic E-state index is 12.6. The van der Waals surface area contributed by atoms with Crippen molar-refractivity contribution in [1.82, 2.24) is 15.5 Å². The van der Waals surface area contributed by atoms with Crippen LogP contribution in [0.5, 0.6) is 11.5 Å². The summed E-state index contributed by atoms with van der Waals surface area (Å²) in [6.07, 6.45) is 0.924. The van der Waals surface area contributed by atoms with Crippen molar-refractivity contribution in [2.24, 2.45) is 4.99 Å². The SMILES string of the molecule is CCOC(CCN(C)C)CNC(=NC)NCc1cc(OC)ccc1OC(F)F. The van der Waals surface area contributed by atoms with E-state index in [0.29, 0.717) is 30.4 Å². The Labute approximate surface area is 166 Å². The van der Waals surface area contributed by atoms with Gasteiger partial charge in [-0.15, -0.1) is 0 Å². The van der Waals surface area contributed by atoms with Crippen LogP contribution < -0.4 is 20.1 Å². The molecule has 0 radical (unpaired) electrons. The minimum Gasteiger partial charge on any atom is -0.497 e. The largest absolute Gasteiger partial charge is 0.497 e. The molecule has 1 aromatic rings. The summed E-state index contributed by atoms with van der Waals surface area (Å²) in [6, 6.07) is 4.69. The lowest BCUT2D eigenvalue weighted by molar-refractivity contribution is -0.0505. The number of halogens is 2. The summed E-state index contributed by atoms with van der Waals surface area (Å²) >= 11 is 0. The van der Waals surface area contributed by atoms with Gasteiger partial charge in [0.25, 0.3) is 0 Å². The fourth-order valence-electron chi connectivity index (χ4n) is 2.52. The molecule has 0 amide bonds. The zero-order valence-corrected chi connectivity index (χ0v) is 17.3. The van der Waals surface area contributed by atoms with Crippen LogP contribution in [0.4, 0.5) is 8.78 Å². The molecule has 0 saturated carbocycles. The molecule has 9 heteroatoms. The van der Waals surface area contributed by atoms with Crippen molar-refractivity contribution in [3.63, 3.8) is 0 Å². The lowest BCUT2D eigenvalue weighted by Crippen LogP contribution is -2.42. The third-order valence-corrected chi connectivity index (χ3v) is 3.95. The Morgan fingerprint density at radius 2 is 2.00 bits per heavy atom. The first-order chi connectivity index (χ1) is 13.4. The van der Waals surface area contributed by atoms with Gasteiger partial charge in [0.05, 0.1) is 13.2 Å². The van der Waals surface area contributed by atoms with Crippen LogP contribution in [0.3, 0.4) is 0 Å². The van der Waals surface area contributed by atoms with E-state index in [0.717, 1.165) is 13.0 Å². The molecule has 1 rings (SSSR count). The summed E-state index contributed by atoms with van der Waals surface area (Å²) in [4.78, 5) is 6.28. The molecule has 0 heterocycles. The lowest BCUT2D eigenvalue weighted by atomic mass is 10.2. The summed E-state index contributed by atoms with van der Waals surface area (Å²) < 4.78 is 40.8. The van der Waals surface area contributed by atoms with Crippen molar-refractivity contribution >= 4 is 5.96 Å². The summed E-state index contributed by atoms with van der Waals surface area (Å²) in [6.45, 7) is 1.44. The minimum absolute atomic E-state index is 0.0421. The number of methoxy groups -OCH3 is 1. The number of alkyl halides is 2. The number of guanidine groups is 1. The van der Waals surface area contributed by atoms with Gasteiger partial charge in [-0.1, -0.05) is 0 Å². The Hall–Kier alpha value is -2.13. The van der Waals surface area contributed by atoms with Crippen molar-refractivity contribution < 1.29 is 23.0 Å². The van der Waals surface area contributed by atoms with Crippen LogP contribution in [0.25, 0.3) is 0 Å². The number of hydrogen-bond donors (Lipinski definition) is 2. The highest BCUT2D eigenvalue weighted by molar-refractivity contribution is 5.79. The highest BCUT2D eigenvalue weighted by Crippen LogP contribution is 2.25. The van der Waals surface area contributed by atoms with Crippen molar-refractivity contribution in [2.75, 3.05) is 47.9 Å². The van der Waals surface area contributed by atoms with Crippen LogP contribution in [0.2, 0.25) is 0 Å². The molecular weight excluding hydrogens is 370 g/mol. The number of benzene rings is 1. The molecule has 7 nitrogen and oxygen atoms in total. The smallest absolute Gasteiger partial charge is 0.387 e. The predicted molar refractivity (Wildman–Crippen MR) is 106 cm³/mol. The van der Waals surface area contributed by atoms with E-state index in [9.17, 15) is 8.78 Å². The van der Waals surface area contributed by atoms with Crippen LogP contribution in [0.1, 0.15) is 18.9 Å². The highest BCUT2D eigenvalue weighted by atomic mass is 19.3. The first-order valence-corrected chi connectivity index (χ1v) is 9.22. The van der Waals surface area contributed by atoms with Crippen LogP contribution in [-0.2, 0) is 11.3 Å². The predicted octanol–water partition coefficient (Wildman–Crippen LogP) is 2.32. The Bertz CT molecular complexity index is 601. The second-order valence-corrected chi connectivity index (χ2v) is 6.33. The Morgan fingerprint density at radius 1 is 1.25 bits per heavy atom. The number of nitrogens with zero attached hydrogens (tertiary/aromatic N) is 2. The molecule has 0 aromatic heterocycles. The molecule has 0 bridgehead atoms. The zero-order chi connectivity index (χ0) is 20.9.